The molecule has 5 rings (SSSR count). The van der Waals surface area contributed by atoms with Crippen molar-refractivity contribution in [2.24, 2.45) is 11.8 Å². The number of fused-ring (bicyclic) bond motifs is 1. The van der Waals surface area contributed by atoms with Crippen molar-refractivity contribution in [3.05, 3.63) is 53.3 Å². The average molecular weight is 499 g/mol. The second-order valence-corrected chi connectivity index (χ2v) is 10.9. The van der Waals surface area contributed by atoms with E-state index in [9.17, 15) is 14.4 Å². The summed E-state index contributed by atoms with van der Waals surface area (Å²) in [5, 5.41) is 9.86. The minimum Gasteiger partial charge on any atom is -0.360 e. The van der Waals surface area contributed by atoms with Gasteiger partial charge in [0.05, 0.1) is 28.1 Å². The van der Waals surface area contributed by atoms with Gasteiger partial charge in [0.15, 0.2) is 5.82 Å². The van der Waals surface area contributed by atoms with Crippen LogP contribution >= 0.6 is 11.6 Å². The Labute approximate surface area is 207 Å². The fraction of sp³-hybridized carbons (Fsp3) is 0.440. The zero-order chi connectivity index (χ0) is 25.3. The molecule has 184 valence electrons. The molecule has 0 radical (unpaired) electrons. The Kier molecular flexibility index (Phi) is 5.16. The molecule has 2 bridgehead atoms. The van der Waals surface area contributed by atoms with Crippen molar-refractivity contribution in [2.45, 2.75) is 57.4 Å². The van der Waals surface area contributed by atoms with Crippen LogP contribution in [0.3, 0.4) is 0 Å². The third kappa shape index (κ3) is 3.56. The molecule has 3 aliphatic rings. The van der Waals surface area contributed by atoms with Crippen LogP contribution in [0.1, 0.15) is 33.5 Å². The predicted octanol–water partition coefficient (Wildman–Crippen LogP) is 3.23. The molecule has 5 atom stereocenters. The fourth-order valence-corrected chi connectivity index (χ4v) is 5.73. The number of para-hydroxylation sites is 1. The van der Waals surface area contributed by atoms with Crippen LogP contribution < -0.4 is 15.5 Å². The SMILES string of the molecule is Cc1cc(NC(=O)[C@@H]2[C@@H]3C(=O)N(c4ccccc4Cl)[C@H](C(=O)NC(C)(C)C)[C@@]34C=C[C@]2(C)O4)no1. The number of ether oxygens (including phenoxy) is 1. The third-order valence-electron chi connectivity index (χ3n) is 6.72. The molecule has 2 aromatic rings. The monoisotopic (exact) mass is 498 g/mol. The highest BCUT2D eigenvalue weighted by Gasteiger charge is 2.76. The molecule has 3 aliphatic heterocycles. The third-order valence-corrected chi connectivity index (χ3v) is 7.04. The summed E-state index contributed by atoms with van der Waals surface area (Å²) >= 11 is 6.48. The Bertz CT molecular complexity index is 1270. The summed E-state index contributed by atoms with van der Waals surface area (Å²) in [6, 6.07) is 7.35. The van der Waals surface area contributed by atoms with Crippen LogP contribution in [0.5, 0.6) is 0 Å². The summed E-state index contributed by atoms with van der Waals surface area (Å²) in [5.74, 6) is -2.32. The standard InChI is InChI=1S/C25H27ClN4O5/c1-13-12-16(29-34-13)27-20(31)17-18-22(33)30(15-9-7-6-8-14(15)26)19(21(32)28-23(2,3)4)25(18)11-10-24(17,5)35-25/h6-12,17-19H,1-5H3,(H,28,32)(H,27,29,31)/t17-,18+,19+,24-,25+/m0/s1. The van der Waals surface area contributed by atoms with Gasteiger partial charge in [-0.05, 0) is 46.8 Å². The molecule has 3 amide bonds. The first-order valence-electron chi connectivity index (χ1n) is 11.4. The maximum Gasteiger partial charge on any atom is 0.246 e. The molecule has 10 heteroatoms. The molecule has 0 aliphatic carbocycles. The van der Waals surface area contributed by atoms with Gasteiger partial charge in [0.25, 0.3) is 0 Å². The molecule has 9 nitrogen and oxygen atoms in total. The second-order valence-electron chi connectivity index (χ2n) is 10.5. The lowest BCUT2D eigenvalue weighted by Crippen LogP contribution is -2.58. The number of carbonyl (C=O) groups is 3. The number of anilines is 2. The minimum absolute atomic E-state index is 0.243. The lowest BCUT2D eigenvalue weighted by atomic mass is 9.70. The molecule has 1 aromatic heterocycles. The maximum atomic E-state index is 14.1. The van der Waals surface area contributed by atoms with E-state index in [0.717, 1.165) is 0 Å². The summed E-state index contributed by atoms with van der Waals surface area (Å²) in [5.41, 5.74) is -2.61. The van der Waals surface area contributed by atoms with Crippen molar-refractivity contribution in [3.63, 3.8) is 0 Å². The van der Waals surface area contributed by atoms with E-state index in [0.29, 0.717) is 16.5 Å². The second kappa shape index (κ2) is 7.66. The lowest BCUT2D eigenvalue weighted by Gasteiger charge is -2.35. The number of nitrogens with zero attached hydrogens (tertiary/aromatic N) is 2. The van der Waals surface area contributed by atoms with E-state index in [1.165, 1.54) is 4.90 Å². The fourth-order valence-electron chi connectivity index (χ4n) is 5.51. The quantitative estimate of drug-likeness (QED) is 0.625. The normalized spacial score (nSPS) is 31.1. The first-order valence-corrected chi connectivity index (χ1v) is 11.8. The summed E-state index contributed by atoms with van der Waals surface area (Å²) < 4.78 is 11.5. The first-order chi connectivity index (χ1) is 16.4. The van der Waals surface area contributed by atoms with Crippen LogP contribution in [0, 0.1) is 18.8 Å². The maximum absolute atomic E-state index is 14.1. The van der Waals surface area contributed by atoms with Gasteiger partial charge in [-0.25, -0.2) is 0 Å². The van der Waals surface area contributed by atoms with E-state index in [-0.39, 0.29) is 5.82 Å². The van der Waals surface area contributed by atoms with Crippen LogP contribution in [0.2, 0.25) is 5.02 Å². The number of nitrogens with one attached hydrogen (secondary N) is 2. The Morgan fingerprint density at radius 3 is 2.51 bits per heavy atom. The van der Waals surface area contributed by atoms with E-state index in [1.54, 1.807) is 56.3 Å². The smallest absolute Gasteiger partial charge is 0.246 e. The van der Waals surface area contributed by atoms with Crippen molar-refractivity contribution in [2.75, 3.05) is 10.2 Å². The molecular formula is C25H27ClN4O5. The van der Waals surface area contributed by atoms with Crippen LogP contribution in [-0.4, -0.2) is 45.7 Å². The van der Waals surface area contributed by atoms with Gasteiger partial charge in [-0.15, -0.1) is 0 Å². The summed E-state index contributed by atoms with van der Waals surface area (Å²) in [6.45, 7) is 9.04. The van der Waals surface area contributed by atoms with Gasteiger partial charge in [0.1, 0.15) is 17.4 Å². The largest absolute Gasteiger partial charge is 0.360 e. The number of aromatic nitrogens is 1. The average Bonchev–Trinajstić information content (AvgIpc) is 3.44. The molecule has 1 spiro atoms. The van der Waals surface area contributed by atoms with Gasteiger partial charge >= 0.3 is 0 Å². The highest BCUT2D eigenvalue weighted by molar-refractivity contribution is 6.34. The zero-order valence-corrected chi connectivity index (χ0v) is 20.8. The molecule has 35 heavy (non-hydrogen) atoms. The Morgan fingerprint density at radius 1 is 1.17 bits per heavy atom. The van der Waals surface area contributed by atoms with Crippen molar-refractivity contribution in [1.29, 1.82) is 0 Å². The molecule has 2 fully saturated rings. The number of carbonyl (C=O) groups excluding carboxylic acids is 3. The highest BCUT2D eigenvalue weighted by atomic mass is 35.5. The summed E-state index contributed by atoms with van der Waals surface area (Å²) in [6.07, 6.45) is 3.52. The van der Waals surface area contributed by atoms with Gasteiger partial charge in [0.2, 0.25) is 17.7 Å². The van der Waals surface area contributed by atoms with Gasteiger partial charge in [-0.1, -0.05) is 41.0 Å². The number of halogens is 1. The van der Waals surface area contributed by atoms with Crippen molar-refractivity contribution < 1.29 is 23.6 Å². The zero-order valence-electron chi connectivity index (χ0n) is 20.1. The van der Waals surface area contributed by atoms with Gasteiger partial charge in [-0.3, -0.25) is 19.3 Å². The Hall–Kier alpha value is -3.17. The number of amides is 3. The lowest BCUT2D eigenvalue weighted by molar-refractivity contribution is -0.131. The van der Waals surface area contributed by atoms with Gasteiger partial charge in [0, 0.05) is 11.6 Å². The summed E-state index contributed by atoms with van der Waals surface area (Å²) in [4.78, 5) is 42.7. The topological polar surface area (TPSA) is 114 Å². The van der Waals surface area contributed by atoms with Crippen LogP contribution in [0.15, 0.2) is 47.0 Å². The Balaban J connectivity index is 1.61. The number of hydrogen-bond donors (Lipinski definition) is 2. The van der Waals surface area contributed by atoms with Gasteiger partial charge < -0.3 is 19.9 Å². The van der Waals surface area contributed by atoms with Crippen molar-refractivity contribution in [1.82, 2.24) is 10.5 Å². The summed E-state index contributed by atoms with van der Waals surface area (Å²) in [7, 11) is 0. The highest BCUT2D eigenvalue weighted by Crippen LogP contribution is 2.60. The Morgan fingerprint density at radius 2 is 1.89 bits per heavy atom. The first kappa shape index (κ1) is 23.6. The molecule has 1 aromatic carbocycles. The van der Waals surface area contributed by atoms with E-state index in [4.69, 9.17) is 20.9 Å². The van der Waals surface area contributed by atoms with Crippen LogP contribution in [0.25, 0.3) is 0 Å². The number of benzene rings is 1. The molecule has 4 heterocycles. The van der Waals surface area contributed by atoms with Crippen LogP contribution in [0.4, 0.5) is 11.5 Å². The number of hydrogen-bond acceptors (Lipinski definition) is 6. The van der Waals surface area contributed by atoms with E-state index in [2.05, 4.69) is 15.8 Å². The van der Waals surface area contributed by atoms with Gasteiger partial charge in [-0.2, -0.15) is 0 Å². The molecule has 0 unspecified atom stereocenters. The van der Waals surface area contributed by atoms with Crippen LogP contribution in [-0.2, 0) is 19.1 Å². The number of rotatable bonds is 4. The van der Waals surface area contributed by atoms with Crippen molar-refractivity contribution >= 4 is 40.8 Å². The predicted molar refractivity (Wildman–Crippen MR) is 129 cm³/mol. The minimum atomic E-state index is -1.35. The molecule has 2 N–H and O–H groups in total. The molecular weight excluding hydrogens is 472 g/mol. The van der Waals surface area contributed by atoms with E-state index < -0.39 is 52.3 Å². The van der Waals surface area contributed by atoms with E-state index in [1.807, 2.05) is 20.8 Å². The number of aryl methyl sites for hydroxylation is 1. The molecule has 2 saturated heterocycles. The van der Waals surface area contributed by atoms with E-state index >= 15 is 0 Å². The molecule has 0 saturated carbocycles. The van der Waals surface area contributed by atoms with Crippen molar-refractivity contribution in [3.8, 4) is 0 Å².